The normalized spacial score (nSPS) is 12.1. The molecular weight excluding hydrogens is 332 g/mol. The summed E-state index contributed by atoms with van der Waals surface area (Å²) in [6, 6.07) is 9.07. The van der Waals surface area contributed by atoms with Gasteiger partial charge in [-0.25, -0.2) is 4.79 Å². The average molecular weight is 358 g/mol. The van der Waals surface area contributed by atoms with Gasteiger partial charge in [0.15, 0.2) is 6.61 Å². The second-order valence-corrected chi connectivity index (χ2v) is 6.70. The van der Waals surface area contributed by atoms with Gasteiger partial charge in [0.1, 0.15) is 5.75 Å². The number of rotatable bonds is 7. The van der Waals surface area contributed by atoms with E-state index < -0.39 is 5.97 Å². The van der Waals surface area contributed by atoms with Gasteiger partial charge >= 0.3 is 5.97 Å². The molecule has 6 nitrogen and oxygen atoms in total. The van der Waals surface area contributed by atoms with E-state index >= 15 is 0 Å². The zero-order valence-electron chi connectivity index (χ0n) is 15.9. The lowest BCUT2D eigenvalue weighted by atomic mass is 10.1. The highest BCUT2D eigenvalue weighted by Crippen LogP contribution is 2.22. The van der Waals surface area contributed by atoms with Crippen LogP contribution in [0.4, 0.5) is 0 Å². The molecule has 0 bridgehead atoms. The van der Waals surface area contributed by atoms with E-state index in [4.69, 9.17) is 9.84 Å². The number of nitrogens with one attached hydrogen (secondary N) is 1. The lowest BCUT2D eigenvalue weighted by Gasteiger charge is -2.16. The lowest BCUT2D eigenvalue weighted by Crippen LogP contribution is -2.27. The van der Waals surface area contributed by atoms with Gasteiger partial charge in [-0.15, -0.1) is 0 Å². The Kier molecular flexibility index (Phi) is 6.08. The standard InChI is InChI=1S/C20H26N2O4/c1-12(2)22-13(3)10-18(15(22)5)20(25)21-14(4)16-6-8-17(9-7-16)26-11-19(23)24/h6-10,12,14H,11H2,1-5H3,(H,21,25)(H,23,24). The van der Waals surface area contributed by atoms with Crippen LogP contribution in [0.5, 0.6) is 5.75 Å². The first-order chi connectivity index (χ1) is 12.2. The number of amides is 1. The van der Waals surface area contributed by atoms with Crippen LogP contribution in [0.1, 0.15) is 60.2 Å². The fourth-order valence-corrected chi connectivity index (χ4v) is 3.16. The van der Waals surface area contributed by atoms with Crippen molar-refractivity contribution >= 4 is 11.9 Å². The Morgan fingerprint density at radius 1 is 1.15 bits per heavy atom. The predicted molar refractivity (Wildman–Crippen MR) is 99.7 cm³/mol. The van der Waals surface area contributed by atoms with Gasteiger partial charge in [-0.05, 0) is 58.4 Å². The van der Waals surface area contributed by atoms with E-state index in [1.165, 1.54) is 0 Å². The van der Waals surface area contributed by atoms with Gasteiger partial charge in [0.2, 0.25) is 0 Å². The maximum atomic E-state index is 12.7. The SMILES string of the molecule is Cc1cc(C(=O)NC(C)c2ccc(OCC(=O)O)cc2)c(C)n1C(C)C. The summed E-state index contributed by atoms with van der Waals surface area (Å²) in [5, 5.41) is 11.6. The minimum atomic E-state index is -1.02. The van der Waals surface area contributed by atoms with E-state index in [1.54, 1.807) is 12.1 Å². The van der Waals surface area contributed by atoms with Crippen molar-refractivity contribution in [3.05, 3.63) is 52.8 Å². The minimum Gasteiger partial charge on any atom is -0.482 e. The Balaban J connectivity index is 2.07. The zero-order valence-corrected chi connectivity index (χ0v) is 15.9. The molecule has 0 aliphatic heterocycles. The van der Waals surface area contributed by atoms with E-state index in [-0.39, 0.29) is 18.6 Å². The average Bonchev–Trinajstić information content (AvgIpc) is 2.88. The number of carboxylic acids is 1. The van der Waals surface area contributed by atoms with Gasteiger partial charge in [0, 0.05) is 17.4 Å². The number of benzene rings is 1. The van der Waals surface area contributed by atoms with Crippen LogP contribution in [-0.2, 0) is 4.79 Å². The summed E-state index contributed by atoms with van der Waals surface area (Å²) in [5.74, 6) is -0.646. The fourth-order valence-electron chi connectivity index (χ4n) is 3.16. The Morgan fingerprint density at radius 3 is 2.27 bits per heavy atom. The highest BCUT2D eigenvalue weighted by atomic mass is 16.5. The number of hydrogen-bond donors (Lipinski definition) is 2. The van der Waals surface area contributed by atoms with Crippen LogP contribution in [0.3, 0.4) is 0 Å². The smallest absolute Gasteiger partial charge is 0.341 e. The summed E-state index contributed by atoms with van der Waals surface area (Å²) >= 11 is 0. The van der Waals surface area contributed by atoms with Crippen molar-refractivity contribution in [3.63, 3.8) is 0 Å². The third-order valence-corrected chi connectivity index (χ3v) is 4.34. The van der Waals surface area contributed by atoms with Crippen molar-refractivity contribution in [2.45, 2.75) is 46.7 Å². The summed E-state index contributed by atoms with van der Waals surface area (Å²) < 4.78 is 7.26. The summed E-state index contributed by atoms with van der Waals surface area (Å²) in [4.78, 5) is 23.2. The molecule has 1 atom stereocenters. The van der Waals surface area contributed by atoms with Crippen LogP contribution in [0.2, 0.25) is 0 Å². The second-order valence-electron chi connectivity index (χ2n) is 6.70. The van der Waals surface area contributed by atoms with Crippen molar-refractivity contribution in [3.8, 4) is 5.75 Å². The van der Waals surface area contributed by atoms with Crippen molar-refractivity contribution in [2.75, 3.05) is 6.61 Å². The number of aromatic nitrogens is 1. The molecule has 1 aromatic heterocycles. The van der Waals surface area contributed by atoms with Crippen molar-refractivity contribution < 1.29 is 19.4 Å². The summed E-state index contributed by atoms with van der Waals surface area (Å²) in [6.07, 6.45) is 0. The topological polar surface area (TPSA) is 80.6 Å². The Morgan fingerprint density at radius 2 is 1.77 bits per heavy atom. The molecule has 1 amide bonds. The zero-order chi connectivity index (χ0) is 19.4. The highest BCUT2D eigenvalue weighted by molar-refractivity contribution is 5.96. The number of carbonyl (C=O) groups is 2. The number of aliphatic carboxylic acids is 1. The van der Waals surface area contributed by atoms with E-state index in [0.717, 1.165) is 17.0 Å². The van der Waals surface area contributed by atoms with Gasteiger partial charge in [-0.3, -0.25) is 4.79 Å². The monoisotopic (exact) mass is 358 g/mol. The Hall–Kier alpha value is -2.76. The molecule has 0 aliphatic carbocycles. The maximum Gasteiger partial charge on any atom is 0.341 e. The van der Waals surface area contributed by atoms with Crippen molar-refractivity contribution in [1.82, 2.24) is 9.88 Å². The fraction of sp³-hybridized carbons (Fsp3) is 0.400. The Labute approximate surface area is 153 Å². The molecule has 0 spiro atoms. The molecule has 1 unspecified atom stereocenters. The number of carbonyl (C=O) groups excluding carboxylic acids is 1. The summed E-state index contributed by atoms with van der Waals surface area (Å²) in [5.41, 5.74) is 3.62. The quantitative estimate of drug-likeness (QED) is 0.792. The van der Waals surface area contributed by atoms with Gasteiger partial charge in [0.05, 0.1) is 11.6 Å². The molecule has 2 N–H and O–H groups in total. The second kappa shape index (κ2) is 8.08. The van der Waals surface area contributed by atoms with Crippen molar-refractivity contribution in [2.24, 2.45) is 0 Å². The first-order valence-electron chi connectivity index (χ1n) is 8.64. The van der Waals surface area contributed by atoms with Gasteiger partial charge in [-0.1, -0.05) is 12.1 Å². The molecular formula is C20H26N2O4. The van der Waals surface area contributed by atoms with Crippen LogP contribution < -0.4 is 10.1 Å². The van der Waals surface area contributed by atoms with Crippen LogP contribution in [-0.4, -0.2) is 28.2 Å². The molecule has 6 heteroatoms. The van der Waals surface area contributed by atoms with E-state index in [0.29, 0.717) is 17.4 Å². The van der Waals surface area contributed by atoms with Gasteiger partial charge in [-0.2, -0.15) is 0 Å². The van der Waals surface area contributed by atoms with Crippen molar-refractivity contribution in [1.29, 1.82) is 0 Å². The molecule has 0 fully saturated rings. The number of nitrogens with zero attached hydrogens (tertiary/aromatic N) is 1. The van der Waals surface area contributed by atoms with Crippen LogP contribution >= 0.6 is 0 Å². The molecule has 0 aliphatic rings. The summed E-state index contributed by atoms with van der Waals surface area (Å²) in [6.45, 7) is 9.69. The molecule has 1 heterocycles. The van der Waals surface area contributed by atoms with Crippen LogP contribution in [0.15, 0.2) is 30.3 Å². The predicted octanol–water partition coefficient (Wildman–Crippen LogP) is 3.64. The first-order valence-corrected chi connectivity index (χ1v) is 8.64. The van der Waals surface area contributed by atoms with Crippen LogP contribution in [0, 0.1) is 13.8 Å². The molecule has 140 valence electrons. The minimum absolute atomic E-state index is 0.108. The van der Waals surface area contributed by atoms with Gasteiger partial charge < -0.3 is 19.7 Å². The largest absolute Gasteiger partial charge is 0.482 e. The number of aryl methyl sites for hydroxylation is 1. The van der Waals surface area contributed by atoms with Gasteiger partial charge in [0.25, 0.3) is 5.91 Å². The molecule has 2 rings (SSSR count). The molecule has 0 saturated heterocycles. The number of carboxylic acid groups (broad SMARTS) is 1. The molecule has 26 heavy (non-hydrogen) atoms. The molecule has 1 aromatic carbocycles. The van der Waals surface area contributed by atoms with E-state index in [1.807, 2.05) is 39.0 Å². The van der Waals surface area contributed by atoms with Crippen LogP contribution in [0.25, 0.3) is 0 Å². The third-order valence-electron chi connectivity index (χ3n) is 4.34. The molecule has 0 saturated carbocycles. The Bertz CT molecular complexity index is 791. The number of hydrogen-bond acceptors (Lipinski definition) is 3. The van der Waals surface area contributed by atoms with E-state index in [9.17, 15) is 9.59 Å². The molecule has 2 aromatic rings. The third kappa shape index (κ3) is 4.45. The number of ether oxygens (including phenoxy) is 1. The highest BCUT2D eigenvalue weighted by Gasteiger charge is 2.19. The maximum absolute atomic E-state index is 12.7. The first kappa shape index (κ1) is 19.6. The van der Waals surface area contributed by atoms with E-state index in [2.05, 4.69) is 23.7 Å². The summed E-state index contributed by atoms with van der Waals surface area (Å²) in [7, 11) is 0. The molecule has 0 radical (unpaired) electrons. The lowest BCUT2D eigenvalue weighted by molar-refractivity contribution is -0.139.